The van der Waals surface area contributed by atoms with Gasteiger partial charge >= 0.3 is 6.18 Å². The van der Waals surface area contributed by atoms with E-state index in [1.165, 1.54) is 13.0 Å². The molecule has 0 unspecified atom stereocenters. The fraction of sp³-hybridized carbons (Fsp3) is 0.381. The van der Waals surface area contributed by atoms with Crippen molar-refractivity contribution < 1.29 is 18.0 Å². The third-order valence-electron chi connectivity index (χ3n) is 4.30. The Kier molecular flexibility index (Phi) is 8.50. The first-order valence-electron chi connectivity index (χ1n) is 8.71. The van der Waals surface area contributed by atoms with Crippen LogP contribution in [0.3, 0.4) is 0 Å². The molecule has 0 spiro atoms. The van der Waals surface area contributed by atoms with E-state index in [0.717, 1.165) is 29.0 Å². The van der Waals surface area contributed by atoms with Gasteiger partial charge in [-0.1, -0.05) is 29.8 Å². The van der Waals surface area contributed by atoms with E-state index in [-0.39, 0.29) is 0 Å². The zero-order valence-corrected chi connectivity index (χ0v) is 16.4. The highest BCUT2D eigenvalue weighted by Crippen LogP contribution is 2.36. The fourth-order valence-corrected chi connectivity index (χ4v) is 2.92. The quantitative estimate of drug-likeness (QED) is 0.593. The van der Waals surface area contributed by atoms with Crippen LogP contribution in [0.1, 0.15) is 34.7 Å². The molecule has 0 atom stereocenters. The number of aldehydes is 1. The molecule has 0 bridgehead atoms. The van der Waals surface area contributed by atoms with Crippen molar-refractivity contribution in [2.75, 3.05) is 19.1 Å². The molecule has 0 aliphatic carbocycles. The number of nitrogens with zero attached hydrogens (tertiary/aromatic N) is 1. The third-order valence-corrected chi connectivity index (χ3v) is 4.30. The monoisotopic (exact) mass is 380 g/mol. The maximum Gasteiger partial charge on any atom is 0.416 e. The average molecular weight is 380 g/mol. The molecule has 0 aromatic heterocycles. The molecule has 0 heterocycles. The number of rotatable bonds is 5. The molecule has 148 valence electrons. The summed E-state index contributed by atoms with van der Waals surface area (Å²) in [5, 5.41) is 1.62. The smallest absolute Gasteiger partial charge is 0.311 e. The van der Waals surface area contributed by atoms with Crippen LogP contribution < -0.4 is 10.4 Å². The molecule has 6 heteroatoms. The SMILES string of the molecule is CC=O.CNN(C)c1cccc(C(F)(F)F)c1CCc1ccc(C)cc1C. The van der Waals surface area contributed by atoms with Crippen molar-refractivity contribution in [1.29, 1.82) is 0 Å². The van der Waals surface area contributed by atoms with Crippen LogP contribution in [0.15, 0.2) is 36.4 Å². The van der Waals surface area contributed by atoms with Gasteiger partial charge in [0.25, 0.3) is 0 Å². The second-order valence-corrected chi connectivity index (χ2v) is 6.25. The number of benzene rings is 2. The van der Waals surface area contributed by atoms with Crippen LogP contribution in [-0.2, 0) is 23.8 Å². The molecule has 0 amide bonds. The number of halogens is 3. The third kappa shape index (κ3) is 6.40. The summed E-state index contributed by atoms with van der Waals surface area (Å²) < 4.78 is 40.2. The molecule has 0 radical (unpaired) electrons. The van der Waals surface area contributed by atoms with E-state index in [1.807, 2.05) is 26.0 Å². The molecule has 0 aliphatic rings. The molecule has 2 aromatic rings. The van der Waals surface area contributed by atoms with Gasteiger partial charge < -0.3 is 9.80 Å². The summed E-state index contributed by atoms with van der Waals surface area (Å²) in [6.45, 7) is 5.45. The molecular weight excluding hydrogens is 353 g/mol. The van der Waals surface area contributed by atoms with Crippen molar-refractivity contribution in [2.45, 2.75) is 39.8 Å². The second-order valence-electron chi connectivity index (χ2n) is 6.25. The number of anilines is 1. The number of carbonyl (C=O) groups excluding carboxylic acids is 1. The summed E-state index contributed by atoms with van der Waals surface area (Å²) in [6.07, 6.45) is -2.70. The Morgan fingerprint density at radius 2 is 1.74 bits per heavy atom. The van der Waals surface area contributed by atoms with Crippen LogP contribution in [0.4, 0.5) is 18.9 Å². The standard InChI is InChI=1S/C19H23F3N2.C2H4O/c1-13-8-9-15(14(2)12-13)10-11-16-17(19(20,21)22)6-5-7-18(16)24(4)23-3;1-2-3/h5-9,12,23H,10-11H2,1-4H3;2H,1H3. The summed E-state index contributed by atoms with van der Waals surface area (Å²) in [5.41, 5.74) is 6.54. The van der Waals surface area contributed by atoms with E-state index in [9.17, 15) is 13.2 Å². The van der Waals surface area contributed by atoms with E-state index in [2.05, 4.69) is 11.5 Å². The topological polar surface area (TPSA) is 32.3 Å². The molecule has 2 rings (SSSR count). The summed E-state index contributed by atoms with van der Waals surface area (Å²) in [6, 6.07) is 10.4. The van der Waals surface area contributed by atoms with Crippen LogP contribution in [0.25, 0.3) is 0 Å². The Morgan fingerprint density at radius 3 is 2.26 bits per heavy atom. The molecular formula is C21H27F3N2O. The zero-order valence-electron chi connectivity index (χ0n) is 16.4. The van der Waals surface area contributed by atoms with Crippen LogP contribution in [0.5, 0.6) is 0 Å². The molecule has 0 saturated carbocycles. The number of nitrogens with one attached hydrogen (secondary N) is 1. The molecule has 3 nitrogen and oxygen atoms in total. The molecule has 2 aromatic carbocycles. The minimum absolute atomic E-state index is 0.321. The van der Waals surface area contributed by atoms with Gasteiger partial charge in [-0.15, -0.1) is 0 Å². The minimum Gasteiger partial charge on any atom is -0.311 e. The zero-order chi connectivity index (χ0) is 20.6. The van der Waals surface area contributed by atoms with Crippen LogP contribution >= 0.6 is 0 Å². The maximum absolute atomic E-state index is 13.4. The van der Waals surface area contributed by atoms with Gasteiger partial charge in [-0.05, 0) is 62.4 Å². The Bertz CT molecular complexity index is 758. The van der Waals surface area contributed by atoms with Crippen molar-refractivity contribution in [2.24, 2.45) is 0 Å². The first kappa shape index (κ1) is 22.7. The van der Waals surface area contributed by atoms with E-state index < -0.39 is 11.7 Å². The van der Waals surface area contributed by atoms with Gasteiger partial charge in [-0.2, -0.15) is 13.2 Å². The number of alkyl halides is 3. The number of aryl methyl sites for hydroxylation is 3. The molecule has 27 heavy (non-hydrogen) atoms. The number of carbonyl (C=O) groups is 1. The fourth-order valence-electron chi connectivity index (χ4n) is 2.92. The highest BCUT2D eigenvalue weighted by molar-refractivity contribution is 5.57. The average Bonchev–Trinajstić information content (AvgIpc) is 2.60. The lowest BCUT2D eigenvalue weighted by molar-refractivity contribution is -0.138. The number of hydrogen-bond donors (Lipinski definition) is 1. The Morgan fingerprint density at radius 1 is 1.11 bits per heavy atom. The molecule has 0 saturated heterocycles. The van der Waals surface area contributed by atoms with E-state index in [0.29, 0.717) is 24.1 Å². The van der Waals surface area contributed by atoms with Crippen molar-refractivity contribution in [3.05, 3.63) is 64.2 Å². The molecule has 1 N–H and O–H groups in total. The largest absolute Gasteiger partial charge is 0.416 e. The first-order valence-corrected chi connectivity index (χ1v) is 8.71. The lowest BCUT2D eigenvalue weighted by Crippen LogP contribution is -2.32. The number of hydrazine groups is 1. The summed E-state index contributed by atoms with van der Waals surface area (Å²) in [7, 11) is 3.41. The van der Waals surface area contributed by atoms with Crippen molar-refractivity contribution in [1.82, 2.24) is 5.43 Å². The highest BCUT2D eigenvalue weighted by atomic mass is 19.4. The minimum atomic E-state index is -4.36. The van der Waals surface area contributed by atoms with Crippen LogP contribution in [0.2, 0.25) is 0 Å². The summed E-state index contributed by atoms with van der Waals surface area (Å²) in [4.78, 5) is 8.81. The molecule has 0 fully saturated rings. The predicted molar refractivity (Wildman–Crippen MR) is 104 cm³/mol. The highest BCUT2D eigenvalue weighted by Gasteiger charge is 2.34. The Labute approximate surface area is 159 Å². The van der Waals surface area contributed by atoms with Gasteiger partial charge in [0.05, 0.1) is 11.3 Å². The number of hydrogen-bond acceptors (Lipinski definition) is 3. The first-order chi connectivity index (χ1) is 12.6. The van der Waals surface area contributed by atoms with Crippen molar-refractivity contribution in [3.63, 3.8) is 0 Å². The van der Waals surface area contributed by atoms with Crippen molar-refractivity contribution in [3.8, 4) is 0 Å². The van der Waals surface area contributed by atoms with Gasteiger partial charge in [0.1, 0.15) is 6.29 Å². The Balaban J connectivity index is 0.00000114. The second kappa shape index (κ2) is 10.1. The van der Waals surface area contributed by atoms with Gasteiger partial charge in [0.2, 0.25) is 0 Å². The molecule has 0 aliphatic heterocycles. The van der Waals surface area contributed by atoms with E-state index >= 15 is 0 Å². The van der Waals surface area contributed by atoms with Crippen LogP contribution in [-0.4, -0.2) is 20.4 Å². The van der Waals surface area contributed by atoms with E-state index in [4.69, 9.17) is 4.79 Å². The normalized spacial score (nSPS) is 10.8. The van der Waals surface area contributed by atoms with Crippen molar-refractivity contribution >= 4 is 12.0 Å². The Hall–Kier alpha value is -2.34. The van der Waals surface area contributed by atoms with E-state index in [1.54, 1.807) is 25.2 Å². The van der Waals surface area contributed by atoms with Crippen LogP contribution in [0, 0.1) is 13.8 Å². The summed E-state index contributed by atoms with van der Waals surface area (Å²) in [5.74, 6) is 0. The lowest BCUT2D eigenvalue weighted by atomic mass is 9.95. The van der Waals surface area contributed by atoms with Gasteiger partial charge in [-0.25, -0.2) is 5.43 Å². The predicted octanol–water partition coefficient (Wildman–Crippen LogP) is 4.88. The lowest BCUT2D eigenvalue weighted by Gasteiger charge is -2.24. The maximum atomic E-state index is 13.4. The van der Waals surface area contributed by atoms with Gasteiger partial charge in [0.15, 0.2) is 0 Å². The van der Waals surface area contributed by atoms with Gasteiger partial charge in [0, 0.05) is 14.1 Å². The summed E-state index contributed by atoms with van der Waals surface area (Å²) >= 11 is 0. The van der Waals surface area contributed by atoms with Gasteiger partial charge in [-0.3, -0.25) is 0 Å².